The molecule has 0 amide bonds. The zero-order valence-electron chi connectivity index (χ0n) is 13.3. The van der Waals surface area contributed by atoms with Crippen LogP contribution in [0.5, 0.6) is 0 Å². The molecule has 4 rings (SSSR count). The zero-order valence-corrected chi connectivity index (χ0v) is 14.9. The third kappa shape index (κ3) is 2.77. The molecule has 2 fully saturated rings. The van der Waals surface area contributed by atoms with Gasteiger partial charge in [0, 0.05) is 12.1 Å². The minimum absolute atomic E-state index is 0.0669. The summed E-state index contributed by atoms with van der Waals surface area (Å²) in [6.07, 6.45) is 4.94. The molecule has 1 heterocycles. The average Bonchev–Trinajstić information content (AvgIpc) is 3.25. The summed E-state index contributed by atoms with van der Waals surface area (Å²) in [7, 11) is 1.45. The Balaban J connectivity index is 1.67. The van der Waals surface area contributed by atoms with Crippen LogP contribution >= 0.6 is 15.9 Å². The van der Waals surface area contributed by atoms with E-state index in [0.717, 1.165) is 28.7 Å². The molecule has 0 spiro atoms. The van der Waals surface area contributed by atoms with Crippen molar-refractivity contribution in [2.75, 3.05) is 7.11 Å². The fourth-order valence-electron chi connectivity index (χ4n) is 3.93. The molecule has 2 aliphatic carbocycles. The number of hydrogen-bond acceptors (Lipinski definition) is 3. The van der Waals surface area contributed by atoms with Crippen molar-refractivity contribution in [3.05, 3.63) is 46.4 Å². The highest BCUT2D eigenvalue weighted by atomic mass is 79.9. The molecule has 0 radical (unpaired) electrons. The topological polar surface area (TPSA) is 44.1 Å². The smallest absolute Gasteiger partial charge is 0.309 e. The average molecular weight is 393 g/mol. The van der Waals surface area contributed by atoms with Crippen LogP contribution < -0.4 is 0 Å². The second-order valence-corrected chi connectivity index (χ2v) is 7.60. The van der Waals surface area contributed by atoms with Crippen molar-refractivity contribution >= 4 is 21.9 Å². The van der Waals surface area contributed by atoms with Crippen molar-refractivity contribution in [3.8, 4) is 5.69 Å². The van der Waals surface area contributed by atoms with Crippen molar-refractivity contribution in [2.45, 2.75) is 25.2 Å². The van der Waals surface area contributed by atoms with E-state index in [4.69, 9.17) is 9.84 Å². The van der Waals surface area contributed by atoms with Gasteiger partial charge in [0.15, 0.2) is 0 Å². The molecule has 6 heteroatoms. The van der Waals surface area contributed by atoms with Gasteiger partial charge < -0.3 is 4.74 Å². The van der Waals surface area contributed by atoms with Gasteiger partial charge in [0.1, 0.15) is 5.82 Å². The van der Waals surface area contributed by atoms with E-state index >= 15 is 0 Å². The Morgan fingerprint density at radius 3 is 2.67 bits per heavy atom. The van der Waals surface area contributed by atoms with Gasteiger partial charge in [-0.25, -0.2) is 9.07 Å². The molecule has 2 saturated carbocycles. The molecule has 1 aromatic heterocycles. The van der Waals surface area contributed by atoms with E-state index in [9.17, 15) is 9.18 Å². The molecule has 2 unspecified atom stereocenters. The predicted octanol–water partition coefficient (Wildman–Crippen LogP) is 4.08. The van der Waals surface area contributed by atoms with Crippen LogP contribution in [0.3, 0.4) is 0 Å². The van der Waals surface area contributed by atoms with E-state index in [0.29, 0.717) is 11.8 Å². The van der Waals surface area contributed by atoms with Crippen molar-refractivity contribution in [3.63, 3.8) is 0 Å². The van der Waals surface area contributed by atoms with E-state index in [1.54, 1.807) is 16.8 Å². The Kier molecular flexibility index (Phi) is 3.95. The van der Waals surface area contributed by atoms with Gasteiger partial charge in [-0.3, -0.25) is 4.79 Å². The van der Waals surface area contributed by atoms with Crippen molar-refractivity contribution in [1.29, 1.82) is 0 Å². The monoisotopic (exact) mass is 392 g/mol. The van der Waals surface area contributed by atoms with E-state index in [2.05, 4.69) is 15.9 Å². The quantitative estimate of drug-likeness (QED) is 0.739. The van der Waals surface area contributed by atoms with Gasteiger partial charge in [-0.2, -0.15) is 5.10 Å². The van der Waals surface area contributed by atoms with E-state index in [1.807, 2.05) is 6.20 Å². The highest BCUT2D eigenvalue weighted by Crippen LogP contribution is 2.57. The lowest BCUT2D eigenvalue weighted by molar-refractivity contribution is -0.147. The lowest BCUT2D eigenvalue weighted by Gasteiger charge is -2.28. The summed E-state index contributed by atoms with van der Waals surface area (Å²) in [5, 5.41) is 4.69. The molecule has 1 aromatic carbocycles. The van der Waals surface area contributed by atoms with Crippen LogP contribution in [0.15, 0.2) is 34.9 Å². The third-order valence-electron chi connectivity index (χ3n) is 5.31. The largest absolute Gasteiger partial charge is 0.469 e. The highest BCUT2D eigenvalue weighted by molar-refractivity contribution is 9.10. The normalized spacial score (nSPS) is 28.3. The molecule has 0 aliphatic heterocycles. The summed E-state index contributed by atoms with van der Waals surface area (Å²) in [6, 6.07) is 6.21. The van der Waals surface area contributed by atoms with Gasteiger partial charge in [0.05, 0.1) is 28.9 Å². The molecule has 126 valence electrons. The Labute approximate surface area is 148 Å². The molecule has 0 saturated heterocycles. The molecular weight excluding hydrogens is 375 g/mol. The number of ether oxygens (including phenoxy) is 1. The van der Waals surface area contributed by atoms with Crippen LogP contribution in [0.4, 0.5) is 4.39 Å². The second kappa shape index (κ2) is 5.99. The maximum atomic E-state index is 13.1. The SMILES string of the molecule is COC(=O)[C@@H]1CC2CC2C[C@H]1c1nn(-c2ccc(F)cc2)cc1Br. The zero-order chi connectivity index (χ0) is 16.8. The highest BCUT2D eigenvalue weighted by Gasteiger charge is 2.50. The number of carbonyl (C=O) groups is 1. The molecular formula is C18H18BrFN2O2. The number of hydrogen-bond donors (Lipinski definition) is 0. The predicted molar refractivity (Wildman–Crippen MR) is 90.3 cm³/mol. The summed E-state index contributed by atoms with van der Waals surface area (Å²) in [5.41, 5.74) is 1.68. The maximum absolute atomic E-state index is 13.1. The number of carbonyl (C=O) groups excluding carboxylic acids is 1. The molecule has 4 nitrogen and oxygen atoms in total. The van der Waals surface area contributed by atoms with Crippen LogP contribution in [-0.2, 0) is 9.53 Å². The van der Waals surface area contributed by atoms with Crippen molar-refractivity contribution in [2.24, 2.45) is 17.8 Å². The standard InChI is InChI=1S/C18H18BrFN2O2/c1-24-18(23)15-8-11-6-10(11)7-14(15)17-16(19)9-22(21-17)13-4-2-12(20)3-5-13/h2-5,9-11,14-15H,6-8H2,1H3/t10?,11?,14-,15-/m1/s1. The maximum Gasteiger partial charge on any atom is 0.309 e. The van der Waals surface area contributed by atoms with Gasteiger partial charge >= 0.3 is 5.97 Å². The van der Waals surface area contributed by atoms with Gasteiger partial charge in [-0.05, 0) is 71.3 Å². The number of fused-ring (bicyclic) bond motifs is 1. The van der Waals surface area contributed by atoms with Crippen LogP contribution in [0, 0.1) is 23.6 Å². The number of methoxy groups -OCH3 is 1. The number of halogens is 2. The Morgan fingerprint density at radius 2 is 1.96 bits per heavy atom. The Morgan fingerprint density at radius 1 is 1.25 bits per heavy atom. The number of benzene rings is 1. The Hall–Kier alpha value is -1.69. The molecule has 0 N–H and O–H groups in total. The minimum Gasteiger partial charge on any atom is -0.469 e. The first kappa shape index (κ1) is 15.8. The van der Waals surface area contributed by atoms with Gasteiger partial charge in [0.25, 0.3) is 0 Å². The minimum atomic E-state index is -0.275. The van der Waals surface area contributed by atoms with E-state index in [1.165, 1.54) is 25.7 Å². The van der Waals surface area contributed by atoms with Crippen LogP contribution in [-0.4, -0.2) is 22.9 Å². The van der Waals surface area contributed by atoms with Crippen LogP contribution in [0.25, 0.3) is 5.69 Å². The molecule has 0 bridgehead atoms. The van der Waals surface area contributed by atoms with Gasteiger partial charge in [-0.15, -0.1) is 0 Å². The molecule has 2 aromatic rings. The van der Waals surface area contributed by atoms with E-state index in [-0.39, 0.29) is 23.6 Å². The lowest BCUT2D eigenvalue weighted by Crippen LogP contribution is -2.28. The fourth-order valence-corrected chi connectivity index (χ4v) is 4.49. The molecule has 2 aliphatic rings. The summed E-state index contributed by atoms with van der Waals surface area (Å²) in [6.45, 7) is 0. The summed E-state index contributed by atoms with van der Waals surface area (Å²) >= 11 is 3.59. The number of rotatable bonds is 3. The first-order valence-electron chi connectivity index (χ1n) is 8.15. The third-order valence-corrected chi connectivity index (χ3v) is 5.92. The first-order chi connectivity index (χ1) is 11.6. The summed E-state index contributed by atoms with van der Waals surface area (Å²) < 4.78 is 20.7. The van der Waals surface area contributed by atoms with Crippen LogP contribution in [0.1, 0.15) is 30.9 Å². The number of nitrogens with zero attached hydrogens (tertiary/aromatic N) is 2. The molecule has 24 heavy (non-hydrogen) atoms. The fraction of sp³-hybridized carbons (Fsp3) is 0.444. The first-order valence-corrected chi connectivity index (χ1v) is 8.95. The lowest BCUT2D eigenvalue weighted by atomic mass is 9.77. The van der Waals surface area contributed by atoms with Crippen molar-refractivity contribution in [1.82, 2.24) is 9.78 Å². The Bertz CT molecular complexity index is 774. The molecule has 4 atom stereocenters. The second-order valence-electron chi connectivity index (χ2n) is 6.75. The van der Waals surface area contributed by atoms with Gasteiger partial charge in [0.2, 0.25) is 0 Å². The van der Waals surface area contributed by atoms with Crippen molar-refractivity contribution < 1.29 is 13.9 Å². The van der Waals surface area contributed by atoms with Crippen LogP contribution in [0.2, 0.25) is 0 Å². The number of aromatic nitrogens is 2. The number of esters is 1. The van der Waals surface area contributed by atoms with E-state index < -0.39 is 0 Å². The summed E-state index contributed by atoms with van der Waals surface area (Å²) in [4.78, 5) is 12.2. The summed E-state index contributed by atoms with van der Waals surface area (Å²) in [5.74, 6) is 0.891. The van der Waals surface area contributed by atoms with Gasteiger partial charge in [-0.1, -0.05) is 0 Å².